The highest BCUT2D eigenvalue weighted by Crippen LogP contribution is 2.28. The third kappa shape index (κ3) is 4.70. The summed E-state index contributed by atoms with van der Waals surface area (Å²) in [6.45, 7) is 2.84. The van der Waals surface area contributed by atoms with Gasteiger partial charge in [-0.3, -0.25) is 0 Å². The summed E-state index contributed by atoms with van der Waals surface area (Å²) in [4.78, 5) is 0.366. The molecule has 1 saturated carbocycles. The van der Waals surface area contributed by atoms with Crippen molar-refractivity contribution in [3.63, 3.8) is 0 Å². The molecule has 0 bridgehead atoms. The molecule has 1 fully saturated rings. The van der Waals surface area contributed by atoms with Crippen LogP contribution in [0.4, 0.5) is 0 Å². The molecule has 0 aromatic heterocycles. The van der Waals surface area contributed by atoms with Gasteiger partial charge in [-0.1, -0.05) is 37.8 Å². The van der Waals surface area contributed by atoms with Gasteiger partial charge in [0.15, 0.2) is 9.84 Å². The van der Waals surface area contributed by atoms with Crippen molar-refractivity contribution >= 4 is 21.4 Å². The van der Waals surface area contributed by atoms with Crippen LogP contribution in [0.25, 0.3) is 0 Å². The molecule has 0 aliphatic heterocycles. The smallest absolute Gasteiger partial charge is 0.179 e. The Balaban J connectivity index is 2.12. The Morgan fingerprint density at radius 1 is 1.19 bits per heavy atom. The third-order valence-corrected chi connectivity index (χ3v) is 6.30. The highest BCUT2D eigenvalue weighted by atomic mass is 35.5. The van der Waals surface area contributed by atoms with Crippen molar-refractivity contribution in [3.8, 4) is 0 Å². The average molecular weight is 330 g/mol. The summed E-state index contributed by atoms with van der Waals surface area (Å²) in [5.74, 6) is 0.647. The van der Waals surface area contributed by atoms with Crippen molar-refractivity contribution in [1.82, 2.24) is 5.32 Å². The molecule has 1 aromatic rings. The maximum Gasteiger partial charge on any atom is 0.179 e. The monoisotopic (exact) mass is 329 g/mol. The number of benzene rings is 1. The van der Waals surface area contributed by atoms with Gasteiger partial charge in [0.05, 0.1) is 10.6 Å². The lowest BCUT2D eigenvalue weighted by Crippen LogP contribution is -2.42. The number of hydrogen-bond donors (Lipinski definition) is 1. The maximum absolute atomic E-state index is 12.6. The molecule has 0 heterocycles. The van der Waals surface area contributed by atoms with E-state index in [2.05, 4.69) is 5.32 Å². The van der Waals surface area contributed by atoms with Crippen LogP contribution in [0, 0.1) is 5.92 Å². The van der Waals surface area contributed by atoms with Gasteiger partial charge < -0.3 is 5.32 Å². The molecule has 1 aliphatic carbocycles. The third-order valence-electron chi connectivity index (χ3n) is 4.26. The fourth-order valence-corrected chi connectivity index (χ4v) is 4.87. The Labute approximate surface area is 133 Å². The minimum absolute atomic E-state index is 0.0518. The predicted molar refractivity (Wildman–Crippen MR) is 87.5 cm³/mol. The van der Waals surface area contributed by atoms with Gasteiger partial charge in [0, 0.05) is 11.1 Å². The summed E-state index contributed by atoms with van der Waals surface area (Å²) >= 11 is 5.83. The van der Waals surface area contributed by atoms with Gasteiger partial charge in [-0.25, -0.2) is 8.42 Å². The fraction of sp³-hybridized carbons (Fsp3) is 0.625. The predicted octanol–water partition coefficient (Wildman–Crippen LogP) is 3.67. The van der Waals surface area contributed by atoms with E-state index < -0.39 is 9.84 Å². The van der Waals surface area contributed by atoms with Gasteiger partial charge in [-0.2, -0.15) is 0 Å². The second-order valence-electron chi connectivity index (χ2n) is 5.80. The number of hydrogen-bond acceptors (Lipinski definition) is 3. The molecule has 1 aliphatic rings. The van der Waals surface area contributed by atoms with Crippen molar-refractivity contribution in [3.05, 3.63) is 29.3 Å². The van der Waals surface area contributed by atoms with Crippen molar-refractivity contribution in [1.29, 1.82) is 0 Å². The molecule has 1 N–H and O–H groups in total. The highest BCUT2D eigenvalue weighted by Gasteiger charge is 2.28. The Bertz CT molecular complexity index is 536. The van der Waals surface area contributed by atoms with Crippen LogP contribution in [0.5, 0.6) is 0 Å². The van der Waals surface area contributed by atoms with E-state index in [1.165, 1.54) is 19.3 Å². The molecular formula is C16H24ClNO2S. The Hall–Kier alpha value is -0.580. The van der Waals surface area contributed by atoms with Crippen molar-refractivity contribution in [2.75, 3.05) is 12.3 Å². The average Bonchev–Trinajstić information content (AvgIpc) is 2.48. The molecule has 118 valence electrons. The molecular weight excluding hydrogens is 306 g/mol. The molecule has 3 nitrogen and oxygen atoms in total. The zero-order valence-corrected chi connectivity index (χ0v) is 14.1. The van der Waals surface area contributed by atoms with E-state index >= 15 is 0 Å². The molecule has 21 heavy (non-hydrogen) atoms. The summed E-state index contributed by atoms with van der Waals surface area (Å²) in [5.41, 5.74) is 0. The number of rotatable bonds is 6. The van der Waals surface area contributed by atoms with Gasteiger partial charge in [-0.05, 0) is 49.6 Å². The number of halogens is 1. The molecule has 1 aromatic carbocycles. The molecule has 0 spiro atoms. The van der Waals surface area contributed by atoms with Crippen LogP contribution in [0.3, 0.4) is 0 Å². The van der Waals surface area contributed by atoms with Crippen molar-refractivity contribution < 1.29 is 8.42 Å². The standard InChI is InChI=1S/C16H24ClNO2S/c1-2-18-16(13-6-4-3-5-7-13)12-21(19,20)15-10-8-14(17)9-11-15/h8-11,13,16,18H,2-7,12H2,1H3. The number of sulfone groups is 1. The van der Waals surface area contributed by atoms with Gasteiger partial charge >= 0.3 is 0 Å². The van der Waals surface area contributed by atoms with E-state index in [4.69, 9.17) is 11.6 Å². The van der Waals surface area contributed by atoms with Crippen LogP contribution in [-0.4, -0.2) is 26.8 Å². The molecule has 0 amide bonds. The summed E-state index contributed by atoms with van der Waals surface area (Å²) in [6, 6.07) is 6.52. The van der Waals surface area contributed by atoms with Gasteiger partial charge in [-0.15, -0.1) is 0 Å². The van der Waals surface area contributed by atoms with Crippen molar-refractivity contribution in [2.24, 2.45) is 5.92 Å². The Kier molecular flexibility index (Phi) is 6.08. The van der Waals surface area contributed by atoms with Crippen LogP contribution < -0.4 is 5.32 Å². The van der Waals surface area contributed by atoms with E-state index in [1.807, 2.05) is 6.92 Å². The summed E-state index contributed by atoms with van der Waals surface area (Å²) in [6.07, 6.45) is 5.97. The lowest BCUT2D eigenvalue weighted by molar-refractivity contribution is 0.285. The highest BCUT2D eigenvalue weighted by molar-refractivity contribution is 7.91. The van der Waals surface area contributed by atoms with Crippen LogP contribution >= 0.6 is 11.6 Å². The fourth-order valence-electron chi connectivity index (χ4n) is 3.13. The van der Waals surface area contributed by atoms with Crippen LogP contribution in [0.15, 0.2) is 29.2 Å². The lowest BCUT2D eigenvalue weighted by Gasteiger charge is -2.30. The van der Waals surface area contributed by atoms with Gasteiger partial charge in [0.25, 0.3) is 0 Å². The number of nitrogens with one attached hydrogen (secondary N) is 1. The summed E-state index contributed by atoms with van der Waals surface area (Å²) in [5, 5.41) is 3.94. The van der Waals surface area contributed by atoms with Gasteiger partial charge in [0.2, 0.25) is 0 Å². The zero-order chi connectivity index (χ0) is 15.3. The molecule has 0 radical (unpaired) electrons. The first-order valence-electron chi connectivity index (χ1n) is 7.74. The second-order valence-corrected chi connectivity index (χ2v) is 8.27. The first-order valence-corrected chi connectivity index (χ1v) is 9.77. The Morgan fingerprint density at radius 2 is 1.81 bits per heavy atom. The molecule has 0 saturated heterocycles. The summed E-state index contributed by atoms with van der Waals surface area (Å²) in [7, 11) is -3.27. The van der Waals surface area contributed by atoms with E-state index in [0.29, 0.717) is 15.8 Å². The molecule has 5 heteroatoms. The minimum Gasteiger partial charge on any atom is -0.313 e. The Morgan fingerprint density at radius 3 is 2.38 bits per heavy atom. The van der Waals surface area contributed by atoms with E-state index in [0.717, 1.165) is 19.4 Å². The molecule has 1 unspecified atom stereocenters. The van der Waals surface area contributed by atoms with E-state index in [-0.39, 0.29) is 11.8 Å². The largest absolute Gasteiger partial charge is 0.313 e. The zero-order valence-electron chi connectivity index (χ0n) is 12.5. The van der Waals surface area contributed by atoms with Crippen molar-refractivity contribution in [2.45, 2.75) is 50.0 Å². The topological polar surface area (TPSA) is 46.2 Å². The molecule has 1 atom stereocenters. The normalized spacial score (nSPS) is 18.6. The first-order chi connectivity index (χ1) is 10.0. The molecule has 2 rings (SSSR count). The quantitative estimate of drug-likeness (QED) is 0.866. The van der Waals surface area contributed by atoms with E-state index in [9.17, 15) is 8.42 Å². The summed E-state index contributed by atoms with van der Waals surface area (Å²) < 4.78 is 25.2. The lowest BCUT2D eigenvalue weighted by atomic mass is 9.84. The first kappa shape index (κ1) is 16.8. The van der Waals surface area contributed by atoms with Crippen LogP contribution in [-0.2, 0) is 9.84 Å². The second kappa shape index (κ2) is 7.61. The minimum atomic E-state index is -3.27. The maximum atomic E-state index is 12.6. The SMILES string of the molecule is CCNC(CS(=O)(=O)c1ccc(Cl)cc1)C1CCCCC1. The van der Waals surface area contributed by atoms with E-state index in [1.54, 1.807) is 24.3 Å². The van der Waals surface area contributed by atoms with Crippen LogP contribution in [0.1, 0.15) is 39.0 Å². The van der Waals surface area contributed by atoms with Gasteiger partial charge in [0.1, 0.15) is 0 Å². The van der Waals surface area contributed by atoms with Crippen LogP contribution in [0.2, 0.25) is 5.02 Å².